The molecule has 0 bridgehead atoms. The zero-order chi connectivity index (χ0) is 19.4. The van der Waals surface area contributed by atoms with Crippen LogP contribution in [0.15, 0.2) is 60.8 Å². The quantitative estimate of drug-likeness (QED) is 0.453. The minimum absolute atomic E-state index is 0.169. The maximum absolute atomic E-state index is 12.6. The average molecular weight is 409 g/mol. The van der Waals surface area contributed by atoms with Crippen LogP contribution in [0.1, 0.15) is 5.56 Å². The van der Waals surface area contributed by atoms with Crippen LogP contribution in [0.3, 0.4) is 0 Å². The molecule has 0 spiro atoms. The molecule has 3 rings (SSSR count). The van der Waals surface area contributed by atoms with E-state index in [1.54, 1.807) is 30.5 Å². The number of nitrogens with zero attached hydrogens (tertiary/aromatic N) is 1. The van der Waals surface area contributed by atoms with Gasteiger partial charge < -0.3 is 14.4 Å². The first-order valence-electron chi connectivity index (χ1n) is 8.08. The second-order valence-electron chi connectivity index (χ2n) is 5.79. The van der Waals surface area contributed by atoms with E-state index in [9.17, 15) is 14.3 Å². The second-order valence-corrected chi connectivity index (χ2v) is 8.15. The Balaban J connectivity index is 1.98. The number of hydrogen-bond acceptors (Lipinski definition) is 5. The molecular formula is C18H18ClN2O5P. The minimum atomic E-state index is -4.52. The Labute approximate surface area is 160 Å². The minimum Gasteiger partial charge on any atom is -0.379 e. The molecule has 0 radical (unpaired) electrons. The molecule has 2 aromatic carbocycles. The Kier molecular flexibility index (Phi) is 5.87. The van der Waals surface area contributed by atoms with Gasteiger partial charge >= 0.3 is 12.9 Å². The van der Waals surface area contributed by atoms with Gasteiger partial charge in [0.1, 0.15) is 0 Å². The summed E-state index contributed by atoms with van der Waals surface area (Å²) in [6.45, 7) is -4.52. The highest BCUT2D eigenvalue weighted by molar-refractivity contribution is 7.80. The predicted molar refractivity (Wildman–Crippen MR) is 103 cm³/mol. The van der Waals surface area contributed by atoms with Crippen molar-refractivity contribution >= 4 is 40.7 Å². The zero-order valence-corrected chi connectivity index (χ0v) is 16.1. The number of para-hydroxylation sites is 2. The van der Waals surface area contributed by atoms with E-state index in [0.717, 1.165) is 16.5 Å². The normalized spacial score (nSPS) is 14.5. The van der Waals surface area contributed by atoms with Gasteiger partial charge in [-0.25, -0.2) is 14.4 Å². The molecule has 9 heteroatoms. The summed E-state index contributed by atoms with van der Waals surface area (Å²) in [5.74, 6) is -0.966. The molecule has 0 aliphatic carbocycles. The summed E-state index contributed by atoms with van der Waals surface area (Å²) < 4.78 is 16.0. The number of aromatic nitrogens is 1. The van der Waals surface area contributed by atoms with Crippen molar-refractivity contribution in [2.24, 2.45) is 0 Å². The number of carbonyl (C=O) groups is 1. The van der Waals surface area contributed by atoms with Crippen LogP contribution in [-0.2, 0) is 25.1 Å². The van der Waals surface area contributed by atoms with Gasteiger partial charge in [0.15, 0.2) is 6.04 Å². The van der Waals surface area contributed by atoms with Crippen LogP contribution in [0.4, 0.5) is 5.69 Å². The largest absolute Gasteiger partial charge is 0.476 e. The lowest BCUT2D eigenvalue weighted by Crippen LogP contribution is -2.43. The molecule has 0 aliphatic rings. The number of rotatable bonds is 7. The van der Waals surface area contributed by atoms with Crippen LogP contribution < -0.4 is 5.06 Å². The third-order valence-corrected chi connectivity index (χ3v) is 4.67. The molecular weight excluding hydrogens is 391 g/mol. The zero-order valence-electron chi connectivity index (χ0n) is 14.4. The number of fused-ring (bicyclic) bond motifs is 1. The van der Waals surface area contributed by atoms with Crippen LogP contribution >= 0.6 is 18.2 Å². The van der Waals surface area contributed by atoms with Crippen molar-refractivity contribution in [1.82, 2.24) is 4.98 Å². The van der Waals surface area contributed by atoms with Crippen molar-refractivity contribution in [3.63, 3.8) is 0 Å². The average Bonchev–Trinajstić information content (AvgIpc) is 3.04. The number of nitrogens with one attached hydrogen (secondary N) is 1. The van der Waals surface area contributed by atoms with Gasteiger partial charge in [-0.1, -0.05) is 36.4 Å². The molecule has 1 aromatic heterocycles. The number of H-pyrrole nitrogens is 1. The highest BCUT2D eigenvalue weighted by atomic mass is 35.7. The Bertz CT molecular complexity index is 972. The van der Waals surface area contributed by atoms with Crippen molar-refractivity contribution in [3.8, 4) is 0 Å². The molecule has 3 aromatic rings. The van der Waals surface area contributed by atoms with Gasteiger partial charge in [-0.2, -0.15) is 0 Å². The number of halogens is 1. The van der Waals surface area contributed by atoms with Crippen LogP contribution in [0.5, 0.6) is 0 Å². The van der Waals surface area contributed by atoms with Gasteiger partial charge in [-0.15, -0.1) is 0 Å². The number of hydroxylamine groups is 1. The fourth-order valence-electron chi connectivity index (χ4n) is 2.93. The molecule has 0 amide bonds. The van der Waals surface area contributed by atoms with E-state index in [4.69, 9.17) is 16.1 Å². The smallest absolute Gasteiger partial charge is 0.379 e. The van der Waals surface area contributed by atoms with E-state index in [-0.39, 0.29) is 6.42 Å². The van der Waals surface area contributed by atoms with E-state index >= 15 is 0 Å². The van der Waals surface area contributed by atoms with Gasteiger partial charge in [-0.3, -0.25) is 4.84 Å². The number of anilines is 1. The molecule has 0 aliphatic heterocycles. The topological polar surface area (TPSA) is 91.9 Å². The fourth-order valence-corrected chi connectivity index (χ4v) is 3.48. The number of aromatic amines is 1. The van der Waals surface area contributed by atoms with E-state index in [2.05, 4.69) is 9.51 Å². The second kappa shape index (κ2) is 8.15. The Morgan fingerprint density at radius 3 is 2.56 bits per heavy atom. The van der Waals surface area contributed by atoms with E-state index in [1.807, 2.05) is 30.3 Å². The van der Waals surface area contributed by atoms with Gasteiger partial charge in [-0.05, 0) is 23.8 Å². The Hall–Kier alpha value is -2.31. The standard InChI is InChI=1S/C18H18ClN2O5P/c1-25-21(14-7-3-2-4-8-14)17(18(22)26-27(19,23)24)11-13-12-20-16-10-6-5-9-15(13)16/h2-10,12,17,20H,11H2,1H3,(H,23,24). The molecule has 7 nitrogen and oxygen atoms in total. The lowest BCUT2D eigenvalue weighted by atomic mass is 10.0. The molecule has 2 atom stereocenters. The Morgan fingerprint density at radius 1 is 1.22 bits per heavy atom. The third kappa shape index (κ3) is 4.70. The van der Waals surface area contributed by atoms with E-state index in [0.29, 0.717) is 5.69 Å². The molecule has 2 unspecified atom stereocenters. The maximum Gasteiger partial charge on any atom is 0.476 e. The lowest BCUT2D eigenvalue weighted by Gasteiger charge is -2.29. The summed E-state index contributed by atoms with van der Waals surface area (Å²) in [6, 6.07) is 15.5. The molecule has 142 valence electrons. The predicted octanol–water partition coefficient (Wildman–Crippen LogP) is 4.03. The molecule has 0 fully saturated rings. The number of hydrogen-bond donors (Lipinski definition) is 2. The first-order valence-corrected chi connectivity index (χ1v) is 10.6. The van der Waals surface area contributed by atoms with Crippen molar-refractivity contribution in [2.45, 2.75) is 12.5 Å². The van der Waals surface area contributed by atoms with Crippen molar-refractivity contribution in [1.29, 1.82) is 0 Å². The van der Waals surface area contributed by atoms with Crippen LogP contribution in [0.25, 0.3) is 10.9 Å². The highest BCUT2D eigenvalue weighted by Gasteiger charge is 2.34. The van der Waals surface area contributed by atoms with Gasteiger partial charge in [0.05, 0.1) is 12.8 Å². The van der Waals surface area contributed by atoms with E-state index < -0.39 is 19.0 Å². The van der Waals surface area contributed by atoms with E-state index in [1.165, 1.54) is 12.2 Å². The summed E-state index contributed by atoms with van der Waals surface area (Å²) in [5.41, 5.74) is 2.32. The summed E-state index contributed by atoms with van der Waals surface area (Å²) in [6.07, 6.45) is 1.95. The fraction of sp³-hybridized carbons (Fsp3) is 0.167. The van der Waals surface area contributed by atoms with Crippen molar-refractivity contribution in [3.05, 3.63) is 66.4 Å². The van der Waals surface area contributed by atoms with Crippen molar-refractivity contribution < 1.29 is 23.6 Å². The molecule has 0 saturated heterocycles. The Morgan fingerprint density at radius 2 is 1.89 bits per heavy atom. The first kappa shape index (κ1) is 19.5. The van der Waals surface area contributed by atoms with Crippen LogP contribution in [0.2, 0.25) is 0 Å². The lowest BCUT2D eigenvalue weighted by molar-refractivity contribution is -0.138. The first-order chi connectivity index (χ1) is 12.9. The SMILES string of the molecule is CON(c1ccccc1)C(Cc1c[nH]c2ccccc12)C(=O)OP(=O)(O)Cl. The molecule has 1 heterocycles. The summed E-state index contributed by atoms with van der Waals surface area (Å²) in [7, 11) is 1.40. The van der Waals surface area contributed by atoms with Crippen LogP contribution in [0, 0.1) is 0 Å². The van der Waals surface area contributed by atoms with Crippen LogP contribution in [-0.4, -0.2) is 29.0 Å². The summed E-state index contributed by atoms with van der Waals surface area (Å²) in [5, 5.41) is 2.26. The third-order valence-electron chi connectivity index (χ3n) is 4.05. The molecule has 27 heavy (non-hydrogen) atoms. The molecule has 0 saturated carbocycles. The number of benzene rings is 2. The van der Waals surface area contributed by atoms with Gasteiger partial charge in [0.2, 0.25) is 0 Å². The number of carbonyl (C=O) groups excluding carboxylic acids is 1. The summed E-state index contributed by atoms with van der Waals surface area (Å²) >= 11 is 5.25. The summed E-state index contributed by atoms with van der Waals surface area (Å²) in [4.78, 5) is 30.4. The monoisotopic (exact) mass is 408 g/mol. The van der Waals surface area contributed by atoms with Gasteiger partial charge in [0, 0.05) is 34.8 Å². The highest BCUT2D eigenvalue weighted by Crippen LogP contribution is 2.48. The van der Waals surface area contributed by atoms with Gasteiger partial charge in [0.25, 0.3) is 0 Å². The maximum atomic E-state index is 12.6. The van der Waals surface area contributed by atoms with Crippen molar-refractivity contribution in [2.75, 3.05) is 12.2 Å². The molecule has 2 N–H and O–H groups in total.